The highest BCUT2D eigenvalue weighted by molar-refractivity contribution is 6.05. The molecule has 9 nitrogen and oxygen atoms in total. The Morgan fingerprint density at radius 3 is 2.47 bits per heavy atom. The molecule has 4 aromatic rings. The molecule has 0 bridgehead atoms. The average molecular weight is 491 g/mol. The van der Waals surface area contributed by atoms with Gasteiger partial charge in [0.15, 0.2) is 5.58 Å². The van der Waals surface area contributed by atoms with Crippen molar-refractivity contribution >= 4 is 34.6 Å². The number of hydrogen-bond acceptors (Lipinski definition) is 7. The number of aromatic nitrogens is 1. The fraction of sp³-hybridized carbons (Fsp3) is 0.296. The van der Waals surface area contributed by atoms with Crippen LogP contribution in [0.1, 0.15) is 41.0 Å². The number of rotatable bonds is 11. The fourth-order valence-corrected chi connectivity index (χ4v) is 3.88. The van der Waals surface area contributed by atoms with Crippen LogP contribution in [0.2, 0.25) is 0 Å². The number of oxazole rings is 1. The molecule has 2 aromatic heterocycles. The predicted octanol–water partition coefficient (Wildman–Crippen LogP) is 5.06. The third-order valence-electron chi connectivity index (χ3n) is 5.93. The summed E-state index contributed by atoms with van der Waals surface area (Å²) < 4.78 is 16.1. The summed E-state index contributed by atoms with van der Waals surface area (Å²) in [5.41, 5.74) is 2.92. The molecular formula is C27H30N4O5. The van der Waals surface area contributed by atoms with E-state index in [1.807, 2.05) is 18.7 Å². The molecule has 9 heteroatoms. The summed E-state index contributed by atoms with van der Waals surface area (Å²) in [5.74, 6) is 0.439. The second kappa shape index (κ2) is 11.4. The lowest BCUT2D eigenvalue weighted by molar-refractivity contribution is 0.0762. The molecule has 0 spiro atoms. The van der Waals surface area contributed by atoms with Gasteiger partial charge in [0.25, 0.3) is 17.8 Å². The molecule has 0 radical (unpaired) electrons. The number of nitrogens with zero attached hydrogens (tertiary/aromatic N) is 3. The number of carbonyl (C=O) groups is 2. The first-order chi connectivity index (χ1) is 17.5. The molecule has 188 valence electrons. The molecular weight excluding hydrogens is 460 g/mol. The number of carbonyl (C=O) groups excluding carboxylic acids is 2. The summed E-state index contributed by atoms with van der Waals surface area (Å²) in [7, 11) is 1.60. The van der Waals surface area contributed by atoms with Gasteiger partial charge in [-0.1, -0.05) is 0 Å². The van der Waals surface area contributed by atoms with E-state index < -0.39 is 0 Å². The van der Waals surface area contributed by atoms with Gasteiger partial charge in [-0.25, -0.2) is 0 Å². The van der Waals surface area contributed by atoms with E-state index in [0.717, 1.165) is 12.2 Å². The third kappa shape index (κ3) is 5.68. The number of anilines is 2. The number of ether oxygens (including phenoxy) is 1. The largest absolute Gasteiger partial charge is 0.497 e. The van der Waals surface area contributed by atoms with Crippen molar-refractivity contribution in [3.63, 3.8) is 0 Å². The van der Waals surface area contributed by atoms with Crippen molar-refractivity contribution in [3.8, 4) is 5.75 Å². The first-order valence-corrected chi connectivity index (χ1v) is 11.9. The van der Waals surface area contributed by atoms with E-state index in [1.54, 1.807) is 60.5 Å². The first-order valence-electron chi connectivity index (χ1n) is 11.9. The highest BCUT2D eigenvalue weighted by atomic mass is 16.5. The highest BCUT2D eigenvalue weighted by Crippen LogP contribution is 2.24. The van der Waals surface area contributed by atoms with Crippen LogP contribution in [-0.2, 0) is 0 Å². The summed E-state index contributed by atoms with van der Waals surface area (Å²) in [6, 6.07) is 14.5. The van der Waals surface area contributed by atoms with Crippen LogP contribution in [0, 0.1) is 0 Å². The molecule has 0 saturated carbocycles. The molecule has 0 saturated heterocycles. The van der Waals surface area contributed by atoms with Gasteiger partial charge >= 0.3 is 0 Å². The van der Waals surface area contributed by atoms with Gasteiger partial charge < -0.3 is 28.7 Å². The van der Waals surface area contributed by atoms with Crippen molar-refractivity contribution in [2.24, 2.45) is 0 Å². The van der Waals surface area contributed by atoms with Crippen molar-refractivity contribution in [2.75, 3.05) is 43.5 Å². The second-order valence-electron chi connectivity index (χ2n) is 8.19. The Labute approximate surface area is 209 Å². The molecule has 4 rings (SSSR count). The number of methoxy groups -OCH3 is 1. The highest BCUT2D eigenvalue weighted by Gasteiger charge is 2.18. The monoisotopic (exact) mass is 490 g/mol. The maximum absolute atomic E-state index is 12.7. The minimum Gasteiger partial charge on any atom is -0.497 e. The van der Waals surface area contributed by atoms with Crippen molar-refractivity contribution in [2.45, 2.75) is 20.3 Å². The maximum Gasteiger partial charge on any atom is 0.298 e. The summed E-state index contributed by atoms with van der Waals surface area (Å²) in [6.45, 7) is 6.56. The molecule has 0 aliphatic carbocycles. The van der Waals surface area contributed by atoms with E-state index in [4.69, 9.17) is 13.6 Å². The Hall–Kier alpha value is -4.27. The fourth-order valence-electron chi connectivity index (χ4n) is 3.88. The van der Waals surface area contributed by atoms with Crippen LogP contribution in [0.4, 0.5) is 11.7 Å². The lowest BCUT2D eigenvalue weighted by Gasteiger charge is -2.23. The Kier molecular flexibility index (Phi) is 7.89. The lowest BCUT2D eigenvalue weighted by Crippen LogP contribution is -2.34. The Bertz CT molecular complexity index is 1300. The molecule has 1 N–H and O–H groups in total. The van der Waals surface area contributed by atoms with Crippen molar-refractivity contribution < 1.29 is 23.2 Å². The first kappa shape index (κ1) is 24.8. The van der Waals surface area contributed by atoms with Crippen LogP contribution in [0.25, 0.3) is 11.1 Å². The summed E-state index contributed by atoms with van der Waals surface area (Å²) in [4.78, 5) is 33.7. The molecule has 2 aromatic carbocycles. The minimum absolute atomic E-state index is 0.0448. The molecule has 2 heterocycles. The quantitative estimate of drug-likeness (QED) is 0.314. The van der Waals surface area contributed by atoms with Crippen LogP contribution >= 0.6 is 0 Å². The standard InChI is InChI=1S/C27H30N4O5/c1-4-30(26(33)20-13-16-35-18-20)14-6-15-31(5-2)27-29-23-17-19(7-12-24(23)36-27)25(32)28-21-8-10-22(34-3)11-9-21/h7-13,16-18H,4-6,14-15H2,1-3H3,(H,28,32). The molecule has 0 unspecified atom stereocenters. The maximum atomic E-state index is 12.7. The van der Waals surface area contributed by atoms with Gasteiger partial charge in [0, 0.05) is 37.4 Å². The van der Waals surface area contributed by atoms with E-state index in [9.17, 15) is 9.59 Å². The number of hydrogen-bond donors (Lipinski definition) is 1. The number of benzene rings is 2. The van der Waals surface area contributed by atoms with Gasteiger partial charge in [-0.05, 0) is 68.8 Å². The van der Waals surface area contributed by atoms with Crippen LogP contribution in [0.15, 0.2) is 69.9 Å². The zero-order valence-electron chi connectivity index (χ0n) is 20.7. The minimum atomic E-state index is -0.235. The van der Waals surface area contributed by atoms with Gasteiger partial charge in [0.2, 0.25) is 0 Å². The van der Waals surface area contributed by atoms with Gasteiger partial charge in [-0.2, -0.15) is 4.98 Å². The van der Waals surface area contributed by atoms with E-state index in [-0.39, 0.29) is 11.8 Å². The number of furan rings is 1. The normalized spacial score (nSPS) is 10.9. The van der Waals surface area contributed by atoms with E-state index in [0.29, 0.717) is 60.1 Å². The topological polar surface area (TPSA) is 101 Å². The van der Waals surface area contributed by atoms with Gasteiger partial charge in [0.1, 0.15) is 17.5 Å². The molecule has 36 heavy (non-hydrogen) atoms. The Morgan fingerprint density at radius 2 is 1.81 bits per heavy atom. The van der Waals surface area contributed by atoms with Crippen molar-refractivity contribution in [1.82, 2.24) is 9.88 Å². The second-order valence-corrected chi connectivity index (χ2v) is 8.19. The smallest absolute Gasteiger partial charge is 0.298 e. The zero-order valence-corrected chi connectivity index (χ0v) is 20.7. The summed E-state index contributed by atoms with van der Waals surface area (Å²) in [5, 5.41) is 2.88. The van der Waals surface area contributed by atoms with Gasteiger partial charge in [0.05, 0.1) is 18.9 Å². The molecule has 2 amide bonds. The zero-order chi connectivity index (χ0) is 25.5. The van der Waals surface area contributed by atoms with Crippen LogP contribution in [0.3, 0.4) is 0 Å². The van der Waals surface area contributed by atoms with Gasteiger partial charge in [-0.3, -0.25) is 9.59 Å². The Morgan fingerprint density at radius 1 is 1.00 bits per heavy atom. The summed E-state index contributed by atoms with van der Waals surface area (Å²) in [6.07, 6.45) is 3.72. The molecule has 0 aliphatic rings. The lowest BCUT2D eigenvalue weighted by atomic mass is 10.2. The van der Waals surface area contributed by atoms with E-state index in [2.05, 4.69) is 10.3 Å². The van der Waals surface area contributed by atoms with E-state index in [1.165, 1.54) is 12.5 Å². The predicted molar refractivity (Wildman–Crippen MR) is 138 cm³/mol. The van der Waals surface area contributed by atoms with Crippen LogP contribution in [-0.4, -0.2) is 55.0 Å². The van der Waals surface area contributed by atoms with Crippen molar-refractivity contribution in [3.05, 3.63) is 72.2 Å². The number of nitrogens with one attached hydrogen (secondary N) is 1. The van der Waals surface area contributed by atoms with E-state index >= 15 is 0 Å². The average Bonchev–Trinajstić information content (AvgIpc) is 3.59. The van der Waals surface area contributed by atoms with Crippen LogP contribution in [0.5, 0.6) is 5.75 Å². The Balaban J connectivity index is 1.39. The molecule has 0 atom stereocenters. The number of amides is 2. The number of fused-ring (bicyclic) bond motifs is 1. The third-order valence-corrected chi connectivity index (χ3v) is 5.93. The summed E-state index contributed by atoms with van der Waals surface area (Å²) >= 11 is 0. The molecule has 0 aliphatic heterocycles. The SMILES string of the molecule is CCN(CCCN(CC)c1nc2cc(C(=O)Nc3ccc(OC)cc3)ccc2o1)C(=O)c1ccoc1. The van der Waals surface area contributed by atoms with Crippen molar-refractivity contribution in [1.29, 1.82) is 0 Å². The van der Waals surface area contributed by atoms with Crippen LogP contribution < -0.4 is 15.0 Å². The van der Waals surface area contributed by atoms with Gasteiger partial charge in [-0.15, -0.1) is 0 Å². The molecule has 0 fully saturated rings.